The Morgan fingerprint density at radius 3 is 2.62 bits per heavy atom. The molecule has 6 nitrogen and oxygen atoms in total. The van der Waals surface area contributed by atoms with E-state index in [2.05, 4.69) is 11.9 Å². The normalized spacial score (nSPS) is 15.7. The van der Waals surface area contributed by atoms with Gasteiger partial charge in [0.15, 0.2) is 5.11 Å². The van der Waals surface area contributed by atoms with Crippen molar-refractivity contribution in [2.75, 3.05) is 6.54 Å². The highest BCUT2D eigenvalue weighted by molar-refractivity contribution is 7.80. The largest absolute Gasteiger partial charge is 0.457 e. The molecule has 0 spiro atoms. The number of hydrogen-bond donors (Lipinski definition) is 1. The van der Waals surface area contributed by atoms with E-state index in [0.29, 0.717) is 17.1 Å². The van der Waals surface area contributed by atoms with Gasteiger partial charge in [-0.25, -0.2) is 0 Å². The molecular formula is C19H13N3O3S. The van der Waals surface area contributed by atoms with E-state index in [1.807, 2.05) is 6.07 Å². The first-order chi connectivity index (χ1) is 12.5. The van der Waals surface area contributed by atoms with Crippen molar-refractivity contribution >= 4 is 35.2 Å². The minimum absolute atomic E-state index is 0.0507. The maximum absolute atomic E-state index is 12.5. The lowest BCUT2D eigenvalue weighted by molar-refractivity contribution is -0.128. The maximum Gasteiger partial charge on any atom is 0.266 e. The van der Waals surface area contributed by atoms with E-state index >= 15 is 0 Å². The summed E-state index contributed by atoms with van der Waals surface area (Å²) < 4.78 is 5.70. The average Bonchev–Trinajstić information content (AvgIpc) is 3.11. The van der Waals surface area contributed by atoms with E-state index in [9.17, 15) is 9.59 Å². The van der Waals surface area contributed by atoms with Crippen molar-refractivity contribution in [1.82, 2.24) is 10.2 Å². The summed E-state index contributed by atoms with van der Waals surface area (Å²) in [6.07, 6.45) is 2.90. The summed E-state index contributed by atoms with van der Waals surface area (Å²) in [5.74, 6) is -0.163. The molecule has 1 N–H and O–H groups in total. The number of nitrogens with one attached hydrogen (secondary N) is 1. The lowest BCUT2D eigenvalue weighted by Gasteiger charge is -2.27. The Kier molecular flexibility index (Phi) is 4.78. The van der Waals surface area contributed by atoms with Crippen molar-refractivity contribution in [3.63, 3.8) is 0 Å². The highest BCUT2D eigenvalue weighted by Crippen LogP contribution is 2.24. The topological polar surface area (TPSA) is 86.3 Å². The summed E-state index contributed by atoms with van der Waals surface area (Å²) in [6.45, 7) is 3.77. The fraction of sp³-hybridized carbons (Fsp3) is 0.0526. The van der Waals surface area contributed by atoms with E-state index in [-0.39, 0.29) is 17.2 Å². The number of thiocarbonyl (C=S) groups is 1. The van der Waals surface area contributed by atoms with Crippen molar-refractivity contribution in [2.24, 2.45) is 0 Å². The summed E-state index contributed by atoms with van der Waals surface area (Å²) >= 11 is 5.00. The number of benzene rings is 1. The standard InChI is InChI=1S/C19H13N3O3S/c1-2-9-22-18(24)15(17(23)21-19(22)26)10-14-7-8-16(25-14)13-5-3-12(11-20)4-6-13/h2-8,10H,1,9H2,(H,21,23,26). The number of nitrogens with zero attached hydrogens (tertiary/aromatic N) is 2. The molecule has 0 radical (unpaired) electrons. The van der Waals surface area contributed by atoms with Crippen LogP contribution in [-0.4, -0.2) is 28.4 Å². The summed E-state index contributed by atoms with van der Waals surface area (Å²) in [5, 5.41) is 11.4. The Hall–Kier alpha value is -3.50. The van der Waals surface area contributed by atoms with Crippen LogP contribution in [0.1, 0.15) is 11.3 Å². The second-order valence-corrected chi connectivity index (χ2v) is 5.80. The molecule has 2 heterocycles. The van der Waals surface area contributed by atoms with Gasteiger partial charge < -0.3 is 4.42 Å². The molecule has 128 valence electrons. The van der Waals surface area contributed by atoms with Gasteiger partial charge in [0.05, 0.1) is 11.6 Å². The maximum atomic E-state index is 12.5. The van der Waals surface area contributed by atoms with Crippen LogP contribution in [0.5, 0.6) is 0 Å². The van der Waals surface area contributed by atoms with Gasteiger partial charge in [0, 0.05) is 12.1 Å². The molecule has 26 heavy (non-hydrogen) atoms. The molecule has 1 aliphatic rings. The van der Waals surface area contributed by atoms with E-state index in [1.54, 1.807) is 36.4 Å². The molecule has 2 amide bonds. The van der Waals surface area contributed by atoms with Gasteiger partial charge in [0.25, 0.3) is 11.8 Å². The molecule has 3 rings (SSSR count). The van der Waals surface area contributed by atoms with Gasteiger partial charge in [-0.1, -0.05) is 6.08 Å². The van der Waals surface area contributed by atoms with Crippen LogP contribution in [0, 0.1) is 11.3 Å². The Morgan fingerprint density at radius 1 is 1.23 bits per heavy atom. The number of carbonyl (C=O) groups is 2. The molecule has 1 aliphatic heterocycles. The summed E-state index contributed by atoms with van der Waals surface area (Å²) in [4.78, 5) is 25.8. The van der Waals surface area contributed by atoms with Crippen molar-refractivity contribution in [2.45, 2.75) is 0 Å². The van der Waals surface area contributed by atoms with Crippen LogP contribution < -0.4 is 5.32 Å². The van der Waals surface area contributed by atoms with Crippen LogP contribution in [0.3, 0.4) is 0 Å². The van der Waals surface area contributed by atoms with Crippen molar-refractivity contribution in [3.8, 4) is 17.4 Å². The lowest BCUT2D eigenvalue weighted by Crippen LogP contribution is -2.53. The summed E-state index contributed by atoms with van der Waals surface area (Å²) in [7, 11) is 0. The van der Waals surface area contributed by atoms with Crippen molar-refractivity contribution in [3.05, 3.63) is 65.9 Å². The molecule has 1 saturated heterocycles. The molecule has 1 fully saturated rings. The summed E-state index contributed by atoms with van der Waals surface area (Å²) in [6, 6.07) is 12.3. The van der Waals surface area contributed by atoms with E-state index in [4.69, 9.17) is 21.9 Å². The smallest absolute Gasteiger partial charge is 0.266 e. The second-order valence-electron chi connectivity index (χ2n) is 5.41. The first-order valence-electron chi connectivity index (χ1n) is 7.63. The number of rotatable bonds is 4. The zero-order valence-corrected chi connectivity index (χ0v) is 14.4. The molecule has 0 bridgehead atoms. The molecule has 0 saturated carbocycles. The molecule has 0 unspecified atom stereocenters. The van der Waals surface area contributed by atoms with Gasteiger partial charge >= 0.3 is 0 Å². The van der Waals surface area contributed by atoms with Gasteiger partial charge in [0.2, 0.25) is 0 Å². The third kappa shape index (κ3) is 3.31. The third-order valence-electron chi connectivity index (χ3n) is 3.71. The van der Waals surface area contributed by atoms with Crippen LogP contribution in [0.15, 0.2) is 59.0 Å². The number of furan rings is 1. The van der Waals surface area contributed by atoms with Crippen LogP contribution in [-0.2, 0) is 9.59 Å². The Morgan fingerprint density at radius 2 is 1.96 bits per heavy atom. The highest BCUT2D eigenvalue weighted by Gasteiger charge is 2.32. The Balaban J connectivity index is 1.89. The molecule has 1 aromatic carbocycles. The predicted molar refractivity (Wildman–Crippen MR) is 99.5 cm³/mol. The van der Waals surface area contributed by atoms with E-state index < -0.39 is 11.8 Å². The first kappa shape index (κ1) is 17.3. The van der Waals surface area contributed by atoms with E-state index in [1.165, 1.54) is 17.1 Å². The molecule has 7 heteroatoms. The fourth-order valence-electron chi connectivity index (χ4n) is 2.43. The number of hydrogen-bond acceptors (Lipinski definition) is 5. The second kappa shape index (κ2) is 7.17. The highest BCUT2D eigenvalue weighted by atomic mass is 32.1. The molecular weight excluding hydrogens is 350 g/mol. The lowest BCUT2D eigenvalue weighted by atomic mass is 10.1. The van der Waals surface area contributed by atoms with Crippen molar-refractivity contribution in [1.29, 1.82) is 5.26 Å². The zero-order valence-electron chi connectivity index (χ0n) is 13.6. The summed E-state index contributed by atoms with van der Waals surface area (Å²) in [5.41, 5.74) is 1.26. The monoisotopic (exact) mass is 363 g/mol. The van der Waals surface area contributed by atoms with Gasteiger partial charge in [0.1, 0.15) is 17.1 Å². The van der Waals surface area contributed by atoms with Crippen LogP contribution in [0.4, 0.5) is 0 Å². The van der Waals surface area contributed by atoms with Crippen LogP contribution >= 0.6 is 12.2 Å². The van der Waals surface area contributed by atoms with Crippen LogP contribution in [0.25, 0.3) is 17.4 Å². The molecule has 2 aromatic rings. The molecule has 0 aliphatic carbocycles. The minimum atomic E-state index is -0.573. The van der Waals surface area contributed by atoms with E-state index in [0.717, 1.165) is 5.56 Å². The Labute approximate surface area is 155 Å². The van der Waals surface area contributed by atoms with Gasteiger partial charge in [-0.2, -0.15) is 5.26 Å². The number of amides is 2. The number of nitriles is 1. The third-order valence-corrected chi connectivity index (χ3v) is 4.03. The number of carbonyl (C=O) groups excluding carboxylic acids is 2. The first-order valence-corrected chi connectivity index (χ1v) is 8.04. The van der Waals surface area contributed by atoms with Gasteiger partial charge in [-0.15, -0.1) is 6.58 Å². The molecule has 0 atom stereocenters. The minimum Gasteiger partial charge on any atom is -0.457 e. The zero-order chi connectivity index (χ0) is 18.7. The predicted octanol–water partition coefficient (Wildman–Crippen LogP) is 2.63. The SMILES string of the molecule is C=CCN1C(=O)C(=Cc2ccc(-c3ccc(C#N)cc3)o2)C(=O)NC1=S. The molecule has 1 aromatic heterocycles. The fourth-order valence-corrected chi connectivity index (χ4v) is 2.68. The van der Waals surface area contributed by atoms with Crippen molar-refractivity contribution < 1.29 is 14.0 Å². The quantitative estimate of drug-likeness (QED) is 0.391. The van der Waals surface area contributed by atoms with Crippen LogP contribution in [0.2, 0.25) is 0 Å². The van der Waals surface area contributed by atoms with Gasteiger partial charge in [-0.05, 0) is 54.7 Å². The Bertz CT molecular complexity index is 980. The average molecular weight is 363 g/mol. The van der Waals surface area contributed by atoms with Gasteiger partial charge in [-0.3, -0.25) is 19.8 Å².